The van der Waals surface area contributed by atoms with Gasteiger partial charge in [-0.05, 0) is 24.2 Å². The fraction of sp³-hybridized carbons (Fsp3) is 0.778. The first kappa shape index (κ1) is 7.69. The van der Waals surface area contributed by atoms with Gasteiger partial charge in [-0.3, -0.25) is 0 Å². The van der Waals surface area contributed by atoms with Crippen LogP contribution in [0.2, 0.25) is 0 Å². The van der Waals surface area contributed by atoms with Crippen LogP contribution in [0.4, 0.5) is 0 Å². The van der Waals surface area contributed by atoms with E-state index in [4.69, 9.17) is 5.73 Å². The average molecular weight is 169 g/mol. The van der Waals surface area contributed by atoms with Gasteiger partial charge >= 0.3 is 0 Å². The van der Waals surface area contributed by atoms with E-state index in [9.17, 15) is 0 Å². The van der Waals surface area contributed by atoms with Crippen LogP contribution in [-0.2, 0) is 0 Å². The van der Waals surface area contributed by atoms with Crippen LogP contribution in [0.15, 0.2) is 12.2 Å². The van der Waals surface area contributed by atoms with Crippen LogP contribution in [0.25, 0.3) is 0 Å². The number of thiol groups is 1. The lowest BCUT2D eigenvalue weighted by atomic mass is 9.87. The Balaban J connectivity index is 2.18. The molecule has 0 radical (unpaired) electrons. The van der Waals surface area contributed by atoms with Crippen molar-refractivity contribution in [2.75, 3.05) is 0 Å². The molecule has 0 spiro atoms. The molecule has 11 heavy (non-hydrogen) atoms. The van der Waals surface area contributed by atoms with Crippen molar-refractivity contribution in [2.45, 2.75) is 24.6 Å². The molecule has 0 amide bonds. The number of hydrogen-bond donors (Lipinski definition) is 2. The molecule has 0 aliphatic heterocycles. The Morgan fingerprint density at radius 1 is 1.45 bits per heavy atom. The van der Waals surface area contributed by atoms with Gasteiger partial charge in [-0.15, -0.1) is 0 Å². The summed E-state index contributed by atoms with van der Waals surface area (Å²) in [7, 11) is 0. The van der Waals surface area contributed by atoms with Gasteiger partial charge in [-0.2, -0.15) is 12.6 Å². The van der Waals surface area contributed by atoms with Gasteiger partial charge < -0.3 is 5.73 Å². The predicted molar refractivity (Wildman–Crippen MR) is 50.7 cm³/mol. The minimum absolute atomic E-state index is 0.373. The molecule has 1 nitrogen and oxygen atoms in total. The normalized spacial score (nSPS) is 50.1. The van der Waals surface area contributed by atoms with Gasteiger partial charge in [-0.1, -0.05) is 19.1 Å². The summed E-state index contributed by atoms with van der Waals surface area (Å²) in [5.74, 6) is 2.00. The summed E-state index contributed by atoms with van der Waals surface area (Å²) in [4.78, 5) is 0. The lowest BCUT2D eigenvalue weighted by molar-refractivity contribution is 0.392. The molecule has 1 saturated carbocycles. The van der Waals surface area contributed by atoms with Gasteiger partial charge in [0.2, 0.25) is 0 Å². The van der Waals surface area contributed by atoms with E-state index in [0.717, 1.165) is 5.92 Å². The molecule has 0 aromatic carbocycles. The molecule has 0 aromatic heterocycles. The Labute approximate surface area is 73.5 Å². The molecule has 1 fully saturated rings. The molecule has 62 valence electrons. The van der Waals surface area contributed by atoms with Gasteiger partial charge in [-0.25, -0.2) is 0 Å². The number of rotatable bonds is 1. The van der Waals surface area contributed by atoms with Crippen molar-refractivity contribution in [2.24, 2.45) is 23.5 Å². The molecule has 2 rings (SSSR count). The molecule has 0 heterocycles. The highest BCUT2D eigenvalue weighted by Gasteiger charge is 2.43. The quantitative estimate of drug-likeness (QED) is 0.451. The molecular formula is C9H15NS. The molecule has 2 bridgehead atoms. The van der Waals surface area contributed by atoms with E-state index in [0.29, 0.717) is 23.1 Å². The fourth-order valence-corrected chi connectivity index (χ4v) is 3.00. The van der Waals surface area contributed by atoms with E-state index in [1.807, 2.05) is 0 Å². The van der Waals surface area contributed by atoms with E-state index in [1.54, 1.807) is 0 Å². The maximum absolute atomic E-state index is 6.06. The molecule has 2 heteroatoms. The van der Waals surface area contributed by atoms with Crippen molar-refractivity contribution in [3.8, 4) is 0 Å². The zero-order valence-electron chi connectivity index (χ0n) is 6.77. The average Bonchev–Trinajstić information content (AvgIpc) is 2.44. The predicted octanol–water partition coefficient (Wildman–Crippen LogP) is 1.45. The minimum Gasteiger partial charge on any atom is -0.327 e. The highest BCUT2D eigenvalue weighted by molar-refractivity contribution is 7.80. The molecule has 2 N–H and O–H groups in total. The van der Waals surface area contributed by atoms with Gasteiger partial charge in [0.25, 0.3) is 0 Å². The van der Waals surface area contributed by atoms with Crippen LogP contribution in [0.1, 0.15) is 13.3 Å². The monoisotopic (exact) mass is 169 g/mol. The summed E-state index contributed by atoms with van der Waals surface area (Å²) in [6.07, 6.45) is 5.88. The Morgan fingerprint density at radius 2 is 2.09 bits per heavy atom. The number of allylic oxidation sites excluding steroid dienone is 1. The van der Waals surface area contributed by atoms with E-state index in [1.165, 1.54) is 6.42 Å². The fourth-order valence-electron chi connectivity index (χ4n) is 2.58. The van der Waals surface area contributed by atoms with E-state index in [-0.39, 0.29) is 0 Å². The van der Waals surface area contributed by atoms with E-state index in [2.05, 4.69) is 31.7 Å². The third-order valence-electron chi connectivity index (χ3n) is 3.14. The van der Waals surface area contributed by atoms with Gasteiger partial charge in [0.05, 0.1) is 0 Å². The Morgan fingerprint density at radius 3 is 2.45 bits per heavy atom. The van der Waals surface area contributed by atoms with Crippen molar-refractivity contribution < 1.29 is 0 Å². The van der Waals surface area contributed by atoms with Crippen molar-refractivity contribution in [1.29, 1.82) is 0 Å². The van der Waals surface area contributed by atoms with E-state index < -0.39 is 0 Å². The minimum atomic E-state index is 0.373. The van der Waals surface area contributed by atoms with Crippen molar-refractivity contribution >= 4 is 12.6 Å². The van der Waals surface area contributed by atoms with Gasteiger partial charge in [0, 0.05) is 11.3 Å². The van der Waals surface area contributed by atoms with Crippen LogP contribution in [0.5, 0.6) is 0 Å². The first-order chi connectivity index (χ1) is 5.20. The number of nitrogens with two attached hydrogens (primary N) is 1. The maximum Gasteiger partial charge on any atom is 0.0147 e. The van der Waals surface area contributed by atoms with Crippen molar-refractivity contribution in [1.82, 2.24) is 0 Å². The van der Waals surface area contributed by atoms with Crippen molar-refractivity contribution in [3.63, 3.8) is 0 Å². The summed E-state index contributed by atoms with van der Waals surface area (Å²) in [6.45, 7) is 2.15. The summed E-state index contributed by atoms with van der Waals surface area (Å²) in [5, 5.41) is 0.449. The first-order valence-corrected chi connectivity index (χ1v) is 4.84. The molecule has 2 aliphatic carbocycles. The SMILES string of the molecule is CC(S)C1C2C=CC(C2)C1N. The van der Waals surface area contributed by atoms with Crippen LogP contribution in [0, 0.1) is 17.8 Å². The standard InChI is InChI=1S/C9H15NS/c1-5(11)8-6-2-3-7(4-6)9(8)10/h2-3,5-9,11H,4,10H2,1H3. The Hall–Kier alpha value is 0.0500. The third kappa shape index (κ3) is 1.04. The number of hydrogen-bond acceptors (Lipinski definition) is 2. The maximum atomic E-state index is 6.06. The lowest BCUT2D eigenvalue weighted by Crippen LogP contribution is -2.37. The summed E-state index contributed by atoms with van der Waals surface area (Å²) in [6, 6.07) is 0.373. The van der Waals surface area contributed by atoms with Crippen LogP contribution in [0.3, 0.4) is 0 Å². The zero-order valence-corrected chi connectivity index (χ0v) is 7.67. The Kier molecular flexibility index (Phi) is 1.77. The second-order valence-corrected chi connectivity index (χ2v) is 4.66. The highest BCUT2D eigenvalue weighted by atomic mass is 32.1. The van der Waals surface area contributed by atoms with Crippen LogP contribution >= 0.6 is 12.6 Å². The third-order valence-corrected chi connectivity index (χ3v) is 3.48. The largest absolute Gasteiger partial charge is 0.327 e. The lowest BCUT2D eigenvalue weighted by Gasteiger charge is -2.27. The summed E-state index contributed by atoms with van der Waals surface area (Å²) < 4.78 is 0. The number of fused-ring (bicyclic) bond motifs is 2. The first-order valence-electron chi connectivity index (χ1n) is 4.32. The van der Waals surface area contributed by atoms with Gasteiger partial charge in [0.15, 0.2) is 0 Å². The Bertz CT molecular complexity index is 188. The second kappa shape index (κ2) is 2.53. The molecule has 5 atom stereocenters. The molecule has 0 saturated heterocycles. The second-order valence-electron chi connectivity index (χ2n) is 3.84. The van der Waals surface area contributed by atoms with Crippen LogP contribution in [-0.4, -0.2) is 11.3 Å². The molecule has 5 unspecified atom stereocenters. The van der Waals surface area contributed by atoms with Crippen LogP contribution < -0.4 is 5.73 Å². The van der Waals surface area contributed by atoms with E-state index >= 15 is 0 Å². The summed E-state index contributed by atoms with van der Waals surface area (Å²) >= 11 is 4.47. The van der Waals surface area contributed by atoms with Crippen molar-refractivity contribution in [3.05, 3.63) is 12.2 Å². The smallest absolute Gasteiger partial charge is 0.0147 e. The summed E-state index contributed by atoms with van der Waals surface area (Å²) in [5.41, 5.74) is 6.06. The zero-order chi connectivity index (χ0) is 8.01. The molecular weight excluding hydrogens is 154 g/mol. The highest BCUT2D eigenvalue weighted by Crippen LogP contribution is 2.45. The molecule has 2 aliphatic rings. The van der Waals surface area contributed by atoms with Gasteiger partial charge in [0.1, 0.15) is 0 Å². The topological polar surface area (TPSA) is 26.0 Å². The molecule has 0 aromatic rings.